The largest absolute Gasteiger partial charge is 0.492 e. The van der Waals surface area contributed by atoms with Gasteiger partial charge in [-0.25, -0.2) is 0 Å². The zero-order valence-electron chi connectivity index (χ0n) is 13.1. The summed E-state index contributed by atoms with van der Waals surface area (Å²) in [6.07, 6.45) is 0. The Morgan fingerprint density at radius 2 is 1.80 bits per heavy atom. The molecule has 1 fully saturated rings. The van der Waals surface area contributed by atoms with E-state index in [1.807, 2.05) is 19.1 Å². The quantitative estimate of drug-likeness (QED) is 0.862. The molecule has 1 aliphatic rings. The Morgan fingerprint density at radius 1 is 1.15 bits per heavy atom. The van der Waals surface area contributed by atoms with E-state index < -0.39 is 0 Å². The molecule has 1 aromatic rings. The number of ether oxygens (including phenoxy) is 1. The van der Waals surface area contributed by atoms with Gasteiger partial charge in [-0.3, -0.25) is 4.90 Å². The zero-order valence-corrected chi connectivity index (χ0v) is 13.1. The van der Waals surface area contributed by atoms with Crippen LogP contribution in [0.5, 0.6) is 5.75 Å². The predicted molar refractivity (Wildman–Crippen MR) is 85.6 cm³/mol. The fourth-order valence-electron chi connectivity index (χ4n) is 2.71. The SMILES string of the molecule is CCOc1cccc(N2CCN(C(C)(C)C)CC2)c1N. The Hall–Kier alpha value is -1.42. The molecule has 4 heteroatoms. The summed E-state index contributed by atoms with van der Waals surface area (Å²) in [6, 6.07) is 6.05. The molecular formula is C16H27N3O. The molecule has 0 saturated carbocycles. The third kappa shape index (κ3) is 3.18. The fraction of sp³-hybridized carbons (Fsp3) is 0.625. The second-order valence-corrected chi connectivity index (χ2v) is 6.27. The highest BCUT2D eigenvalue weighted by Gasteiger charge is 2.26. The van der Waals surface area contributed by atoms with Gasteiger partial charge in [-0.15, -0.1) is 0 Å². The molecule has 1 aliphatic heterocycles. The molecule has 1 saturated heterocycles. The number of rotatable bonds is 3. The molecular weight excluding hydrogens is 250 g/mol. The van der Waals surface area contributed by atoms with Gasteiger partial charge in [0.05, 0.1) is 18.0 Å². The van der Waals surface area contributed by atoms with E-state index in [0.29, 0.717) is 6.61 Å². The number of hydrogen-bond donors (Lipinski definition) is 1. The summed E-state index contributed by atoms with van der Waals surface area (Å²) in [7, 11) is 0. The van der Waals surface area contributed by atoms with Gasteiger partial charge in [0, 0.05) is 31.7 Å². The lowest BCUT2D eigenvalue weighted by atomic mass is 10.0. The standard InChI is InChI=1S/C16H27N3O/c1-5-20-14-8-6-7-13(15(14)17)18-9-11-19(12-10-18)16(2,3)4/h6-8H,5,9-12,17H2,1-4H3. The molecule has 1 aromatic carbocycles. The molecule has 2 rings (SSSR count). The number of hydrogen-bond acceptors (Lipinski definition) is 4. The average molecular weight is 277 g/mol. The number of nitrogens with two attached hydrogens (primary N) is 1. The molecule has 0 atom stereocenters. The van der Waals surface area contributed by atoms with Crippen LogP contribution in [0.1, 0.15) is 27.7 Å². The summed E-state index contributed by atoms with van der Waals surface area (Å²) >= 11 is 0. The van der Waals surface area contributed by atoms with E-state index in [-0.39, 0.29) is 5.54 Å². The Morgan fingerprint density at radius 3 is 2.35 bits per heavy atom. The lowest BCUT2D eigenvalue weighted by Gasteiger charge is -2.43. The summed E-state index contributed by atoms with van der Waals surface area (Å²) in [5.74, 6) is 0.795. The minimum absolute atomic E-state index is 0.241. The maximum atomic E-state index is 6.24. The van der Waals surface area contributed by atoms with Gasteiger partial charge in [0.2, 0.25) is 0 Å². The first-order valence-corrected chi connectivity index (χ1v) is 7.44. The van der Waals surface area contributed by atoms with Gasteiger partial charge in [-0.05, 0) is 39.8 Å². The van der Waals surface area contributed by atoms with Crippen molar-refractivity contribution in [2.45, 2.75) is 33.2 Å². The molecule has 0 aromatic heterocycles. The van der Waals surface area contributed by atoms with Crippen molar-refractivity contribution in [1.82, 2.24) is 4.90 Å². The minimum Gasteiger partial charge on any atom is -0.492 e. The van der Waals surface area contributed by atoms with E-state index in [0.717, 1.165) is 43.3 Å². The van der Waals surface area contributed by atoms with Crippen molar-refractivity contribution in [2.24, 2.45) is 0 Å². The highest BCUT2D eigenvalue weighted by Crippen LogP contribution is 2.33. The first kappa shape index (κ1) is 15.0. The monoisotopic (exact) mass is 277 g/mol. The lowest BCUT2D eigenvalue weighted by molar-refractivity contribution is 0.128. The summed E-state index contributed by atoms with van der Waals surface area (Å²) in [4.78, 5) is 4.88. The maximum Gasteiger partial charge on any atom is 0.144 e. The topological polar surface area (TPSA) is 41.7 Å². The van der Waals surface area contributed by atoms with Crippen molar-refractivity contribution < 1.29 is 4.74 Å². The second kappa shape index (κ2) is 5.92. The molecule has 112 valence electrons. The van der Waals surface area contributed by atoms with Crippen LogP contribution in [0.25, 0.3) is 0 Å². The van der Waals surface area contributed by atoms with Crippen molar-refractivity contribution in [3.63, 3.8) is 0 Å². The normalized spacial score (nSPS) is 17.3. The van der Waals surface area contributed by atoms with Crippen LogP contribution in [0.2, 0.25) is 0 Å². The van der Waals surface area contributed by atoms with E-state index in [9.17, 15) is 0 Å². The van der Waals surface area contributed by atoms with Gasteiger partial charge in [-0.2, -0.15) is 0 Å². The van der Waals surface area contributed by atoms with E-state index >= 15 is 0 Å². The Kier molecular flexibility index (Phi) is 4.43. The molecule has 2 N–H and O–H groups in total. The minimum atomic E-state index is 0.241. The fourth-order valence-corrected chi connectivity index (χ4v) is 2.71. The molecule has 1 heterocycles. The molecule has 0 bridgehead atoms. The van der Waals surface area contributed by atoms with Gasteiger partial charge in [0.15, 0.2) is 0 Å². The smallest absolute Gasteiger partial charge is 0.144 e. The Labute approximate surface area is 122 Å². The number of anilines is 2. The van der Waals surface area contributed by atoms with Gasteiger partial charge in [0.25, 0.3) is 0 Å². The van der Waals surface area contributed by atoms with E-state index in [4.69, 9.17) is 10.5 Å². The summed E-state index contributed by atoms with van der Waals surface area (Å²) < 4.78 is 5.58. The third-order valence-corrected chi connectivity index (χ3v) is 3.91. The number of nitrogen functional groups attached to an aromatic ring is 1. The molecule has 0 aliphatic carbocycles. The van der Waals surface area contributed by atoms with Crippen molar-refractivity contribution in [3.8, 4) is 5.75 Å². The van der Waals surface area contributed by atoms with Crippen LogP contribution in [0.4, 0.5) is 11.4 Å². The summed E-state index contributed by atoms with van der Waals surface area (Å²) in [5, 5.41) is 0. The molecule has 0 radical (unpaired) electrons. The van der Waals surface area contributed by atoms with Crippen LogP contribution >= 0.6 is 0 Å². The third-order valence-electron chi connectivity index (χ3n) is 3.91. The first-order chi connectivity index (χ1) is 9.43. The van der Waals surface area contributed by atoms with Crippen LogP contribution in [-0.2, 0) is 0 Å². The highest BCUT2D eigenvalue weighted by atomic mass is 16.5. The number of benzene rings is 1. The van der Waals surface area contributed by atoms with Gasteiger partial charge in [0.1, 0.15) is 5.75 Å². The Bertz CT molecular complexity index is 446. The average Bonchev–Trinajstić information content (AvgIpc) is 2.41. The van der Waals surface area contributed by atoms with Crippen LogP contribution in [0.3, 0.4) is 0 Å². The second-order valence-electron chi connectivity index (χ2n) is 6.27. The molecule has 0 spiro atoms. The molecule has 4 nitrogen and oxygen atoms in total. The number of nitrogens with zero attached hydrogens (tertiary/aromatic N) is 2. The van der Waals surface area contributed by atoms with Crippen molar-refractivity contribution in [2.75, 3.05) is 43.4 Å². The lowest BCUT2D eigenvalue weighted by Crippen LogP contribution is -2.53. The highest BCUT2D eigenvalue weighted by molar-refractivity contribution is 5.74. The van der Waals surface area contributed by atoms with Gasteiger partial charge in [-0.1, -0.05) is 6.07 Å². The first-order valence-electron chi connectivity index (χ1n) is 7.44. The molecule has 20 heavy (non-hydrogen) atoms. The van der Waals surface area contributed by atoms with Crippen LogP contribution in [-0.4, -0.2) is 43.2 Å². The van der Waals surface area contributed by atoms with Crippen LogP contribution in [0, 0.1) is 0 Å². The van der Waals surface area contributed by atoms with Crippen molar-refractivity contribution in [3.05, 3.63) is 18.2 Å². The van der Waals surface area contributed by atoms with E-state index in [1.54, 1.807) is 0 Å². The zero-order chi connectivity index (χ0) is 14.8. The van der Waals surface area contributed by atoms with Crippen molar-refractivity contribution in [1.29, 1.82) is 0 Å². The van der Waals surface area contributed by atoms with Gasteiger partial charge < -0.3 is 15.4 Å². The summed E-state index contributed by atoms with van der Waals surface area (Å²) in [5.41, 5.74) is 8.35. The Balaban J connectivity index is 2.09. The van der Waals surface area contributed by atoms with E-state index in [1.165, 1.54) is 0 Å². The number of piperazine rings is 1. The van der Waals surface area contributed by atoms with E-state index in [2.05, 4.69) is 36.6 Å². The summed E-state index contributed by atoms with van der Waals surface area (Å²) in [6.45, 7) is 13.6. The molecule has 0 amide bonds. The number of para-hydroxylation sites is 1. The van der Waals surface area contributed by atoms with Gasteiger partial charge >= 0.3 is 0 Å². The maximum absolute atomic E-state index is 6.24. The predicted octanol–water partition coefficient (Wildman–Crippen LogP) is 2.59. The van der Waals surface area contributed by atoms with Crippen LogP contribution in [0.15, 0.2) is 18.2 Å². The van der Waals surface area contributed by atoms with Crippen LogP contribution < -0.4 is 15.4 Å². The molecule has 0 unspecified atom stereocenters. The van der Waals surface area contributed by atoms with Crippen molar-refractivity contribution >= 4 is 11.4 Å².